The van der Waals surface area contributed by atoms with E-state index < -0.39 is 0 Å². The molecule has 0 bridgehead atoms. The molecule has 1 aromatic carbocycles. The third kappa shape index (κ3) is 5.11. The quantitative estimate of drug-likeness (QED) is 0.568. The number of amides is 1. The summed E-state index contributed by atoms with van der Waals surface area (Å²) in [4.78, 5) is 16.8. The fourth-order valence-electron chi connectivity index (χ4n) is 4.94. The number of piperidine rings is 1. The van der Waals surface area contributed by atoms with Crippen molar-refractivity contribution in [2.24, 2.45) is 5.41 Å². The third-order valence-corrected chi connectivity index (χ3v) is 7.23. The van der Waals surface area contributed by atoms with E-state index in [1.165, 1.54) is 38.5 Å². The smallest absolute Gasteiger partial charge is 0.298 e. The average Bonchev–Trinajstić information content (AvgIpc) is 3.18. The Morgan fingerprint density at radius 1 is 1.00 bits per heavy atom. The van der Waals surface area contributed by atoms with Gasteiger partial charge in [-0.3, -0.25) is 4.79 Å². The number of nitrogens with zero attached hydrogens (tertiary/aromatic N) is 2. The van der Waals surface area contributed by atoms with Gasteiger partial charge in [-0.05, 0) is 61.9 Å². The molecule has 0 aromatic heterocycles. The molecule has 0 atom stereocenters. The maximum atomic E-state index is 12.5. The molecule has 1 aliphatic carbocycles. The average molecular weight is 410 g/mol. The standard InChI is InChI=1S/C24H31N3OS/c28-22(12-11-20-7-3-1-4-8-20)26-16-13-24(14-17-26)15-18-27(19-24)23(29)25-21-9-5-2-6-10-21/h1,3-4,7-8,21H,2,5-6,9-10,13-19H2,(H,25,29). The summed E-state index contributed by atoms with van der Waals surface area (Å²) in [6.45, 7) is 3.68. The van der Waals surface area contributed by atoms with Crippen molar-refractivity contribution in [3.63, 3.8) is 0 Å². The topological polar surface area (TPSA) is 35.6 Å². The largest absolute Gasteiger partial charge is 0.360 e. The van der Waals surface area contributed by atoms with Crippen LogP contribution in [0.15, 0.2) is 30.3 Å². The lowest BCUT2D eigenvalue weighted by atomic mass is 9.78. The lowest BCUT2D eigenvalue weighted by Gasteiger charge is -2.39. The molecule has 4 rings (SSSR count). The van der Waals surface area contributed by atoms with Crippen molar-refractivity contribution >= 4 is 23.2 Å². The Labute approximate surface area is 180 Å². The minimum absolute atomic E-state index is 0.0481. The molecule has 154 valence electrons. The molecular formula is C24H31N3OS. The molecule has 2 saturated heterocycles. The molecule has 1 amide bonds. The highest BCUT2D eigenvalue weighted by Crippen LogP contribution is 2.40. The van der Waals surface area contributed by atoms with E-state index in [1.807, 2.05) is 35.2 Å². The van der Waals surface area contributed by atoms with Crippen molar-refractivity contribution in [3.8, 4) is 11.8 Å². The molecule has 3 fully saturated rings. The van der Waals surface area contributed by atoms with Gasteiger partial charge in [0.05, 0.1) is 0 Å². The molecule has 1 saturated carbocycles. The van der Waals surface area contributed by atoms with Gasteiger partial charge in [0.25, 0.3) is 5.91 Å². The zero-order valence-electron chi connectivity index (χ0n) is 17.2. The summed E-state index contributed by atoms with van der Waals surface area (Å²) in [5.41, 5.74) is 1.20. The van der Waals surface area contributed by atoms with Crippen LogP contribution in [-0.4, -0.2) is 53.0 Å². The van der Waals surface area contributed by atoms with E-state index in [1.54, 1.807) is 0 Å². The summed E-state index contributed by atoms with van der Waals surface area (Å²) in [7, 11) is 0. The molecule has 1 aromatic rings. The van der Waals surface area contributed by atoms with Gasteiger partial charge in [0.15, 0.2) is 5.11 Å². The summed E-state index contributed by atoms with van der Waals surface area (Å²) in [5.74, 6) is 5.76. The number of hydrogen-bond donors (Lipinski definition) is 1. The van der Waals surface area contributed by atoms with E-state index in [-0.39, 0.29) is 5.91 Å². The molecular weight excluding hydrogens is 378 g/mol. The highest BCUT2D eigenvalue weighted by atomic mass is 32.1. The van der Waals surface area contributed by atoms with Gasteiger partial charge in [0.2, 0.25) is 0 Å². The van der Waals surface area contributed by atoms with Crippen molar-refractivity contribution in [2.75, 3.05) is 26.2 Å². The zero-order valence-corrected chi connectivity index (χ0v) is 18.0. The zero-order chi connectivity index (χ0) is 20.1. The minimum atomic E-state index is -0.0481. The second-order valence-electron chi connectivity index (χ2n) is 8.86. The van der Waals surface area contributed by atoms with Gasteiger partial charge in [-0.15, -0.1) is 0 Å². The van der Waals surface area contributed by atoms with Crippen molar-refractivity contribution in [1.82, 2.24) is 15.1 Å². The molecule has 0 radical (unpaired) electrons. The van der Waals surface area contributed by atoms with Gasteiger partial charge in [0.1, 0.15) is 0 Å². The van der Waals surface area contributed by atoms with E-state index in [2.05, 4.69) is 22.1 Å². The van der Waals surface area contributed by atoms with Gasteiger partial charge < -0.3 is 15.1 Å². The Morgan fingerprint density at radius 2 is 1.66 bits per heavy atom. The van der Waals surface area contributed by atoms with Crippen LogP contribution in [0.2, 0.25) is 0 Å². The van der Waals surface area contributed by atoms with Crippen molar-refractivity contribution < 1.29 is 4.79 Å². The molecule has 5 heteroatoms. The number of carbonyl (C=O) groups excluding carboxylic acids is 1. The summed E-state index contributed by atoms with van der Waals surface area (Å²) >= 11 is 5.72. The maximum Gasteiger partial charge on any atom is 0.298 e. The fourth-order valence-corrected chi connectivity index (χ4v) is 5.26. The summed E-state index contributed by atoms with van der Waals surface area (Å²) in [6.07, 6.45) is 9.78. The SMILES string of the molecule is O=C(C#Cc1ccccc1)N1CCC2(CC1)CCN(C(=S)NC1CCCCC1)C2. The molecule has 2 heterocycles. The number of thiocarbonyl (C=S) groups is 1. The molecule has 29 heavy (non-hydrogen) atoms. The molecule has 2 aliphatic heterocycles. The van der Waals surface area contributed by atoms with Crippen molar-refractivity contribution in [3.05, 3.63) is 35.9 Å². The van der Waals surface area contributed by atoms with Crippen molar-refractivity contribution in [2.45, 2.75) is 57.4 Å². The number of nitrogens with one attached hydrogen (secondary N) is 1. The number of carbonyl (C=O) groups is 1. The van der Waals surface area contributed by atoms with Crippen LogP contribution >= 0.6 is 12.2 Å². The normalized spacial score (nSPS) is 21.5. The molecule has 4 nitrogen and oxygen atoms in total. The van der Waals surface area contributed by atoms with Crippen LogP contribution in [0.25, 0.3) is 0 Å². The third-order valence-electron chi connectivity index (χ3n) is 6.86. The van der Waals surface area contributed by atoms with E-state index >= 15 is 0 Å². The van der Waals surface area contributed by atoms with Crippen LogP contribution in [0.3, 0.4) is 0 Å². The number of hydrogen-bond acceptors (Lipinski definition) is 2. The van der Waals surface area contributed by atoms with Crippen LogP contribution in [0.1, 0.15) is 56.9 Å². The number of likely N-dealkylation sites (tertiary alicyclic amines) is 2. The first-order valence-electron chi connectivity index (χ1n) is 11.1. The number of benzene rings is 1. The Morgan fingerprint density at radius 3 is 2.34 bits per heavy atom. The molecule has 1 N–H and O–H groups in total. The van der Waals surface area contributed by atoms with Crippen molar-refractivity contribution in [1.29, 1.82) is 0 Å². The second-order valence-corrected chi connectivity index (χ2v) is 9.25. The maximum absolute atomic E-state index is 12.5. The van der Waals surface area contributed by atoms with Gasteiger partial charge in [-0.2, -0.15) is 0 Å². The van der Waals surface area contributed by atoms with Gasteiger partial charge in [0, 0.05) is 43.7 Å². The lowest BCUT2D eigenvalue weighted by molar-refractivity contribution is -0.127. The second kappa shape index (κ2) is 9.17. The van der Waals surface area contributed by atoms with Crippen LogP contribution in [0, 0.1) is 17.3 Å². The molecule has 0 unspecified atom stereocenters. The van der Waals surface area contributed by atoms with E-state index in [9.17, 15) is 4.79 Å². The first-order chi connectivity index (χ1) is 14.1. The monoisotopic (exact) mass is 409 g/mol. The van der Waals surface area contributed by atoms with E-state index in [0.29, 0.717) is 11.5 Å². The van der Waals surface area contributed by atoms with Gasteiger partial charge in [-0.25, -0.2) is 0 Å². The Bertz CT molecular complexity index is 783. The van der Waals surface area contributed by atoms with Crippen LogP contribution in [0.5, 0.6) is 0 Å². The predicted molar refractivity (Wildman–Crippen MR) is 120 cm³/mol. The van der Waals surface area contributed by atoms with Crippen LogP contribution in [0.4, 0.5) is 0 Å². The van der Waals surface area contributed by atoms with Gasteiger partial charge in [-0.1, -0.05) is 43.4 Å². The van der Waals surface area contributed by atoms with E-state index in [4.69, 9.17) is 12.2 Å². The first-order valence-corrected chi connectivity index (χ1v) is 11.5. The Hall–Kier alpha value is -2.06. The first kappa shape index (κ1) is 20.2. The Balaban J connectivity index is 1.26. The highest BCUT2D eigenvalue weighted by Gasteiger charge is 2.42. The van der Waals surface area contributed by atoms with Gasteiger partial charge >= 0.3 is 0 Å². The molecule has 3 aliphatic rings. The fraction of sp³-hybridized carbons (Fsp3) is 0.583. The van der Waals surface area contributed by atoms with Crippen LogP contribution in [-0.2, 0) is 4.79 Å². The predicted octanol–water partition coefficient (Wildman–Crippen LogP) is 3.56. The van der Waals surface area contributed by atoms with Crippen LogP contribution < -0.4 is 5.32 Å². The van der Waals surface area contributed by atoms with E-state index in [0.717, 1.165) is 49.7 Å². The summed E-state index contributed by atoms with van der Waals surface area (Å²) in [5, 5.41) is 4.56. The summed E-state index contributed by atoms with van der Waals surface area (Å²) in [6, 6.07) is 10.3. The lowest BCUT2D eigenvalue weighted by Crippen LogP contribution is -2.47. The number of rotatable bonds is 1. The molecule has 1 spiro atoms. The Kier molecular flexibility index (Phi) is 6.40. The highest BCUT2D eigenvalue weighted by molar-refractivity contribution is 7.80. The summed E-state index contributed by atoms with van der Waals surface area (Å²) < 4.78 is 0. The minimum Gasteiger partial charge on any atom is -0.360 e.